The van der Waals surface area contributed by atoms with E-state index >= 15 is 0 Å². The van der Waals surface area contributed by atoms with Crippen LogP contribution < -0.4 is 14.2 Å². The second kappa shape index (κ2) is 10.3. The summed E-state index contributed by atoms with van der Waals surface area (Å²) in [6, 6.07) is 17.7. The fourth-order valence-corrected chi connectivity index (χ4v) is 6.29. The highest BCUT2D eigenvalue weighted by Gasteiger charge is 2.77. The molecule has 0 spiro atoms. The van der Waals surface area contributed by atoms with Crippen molar-refractivity contribution >= 4 is 5.69 Å². The number of aliphatic hydroxyl groups is 2. The average Bonchev–Trinajstić information content (AvgIpc) is 3.32. The van der Waals surface area contributed by atoms with Crippen molar-refractivity contribution in [1.82, 2.24) is 9.88 Å². The first-order valence-corrected chi connectivity index (χ1v) is 12.5. The molecule has 1 fully saturated rings. The molecule has 5 atom stereocenters. The van der Waals surface area contributed by atoms with Crippen LogP contribution in [-0.2, 0) is 11.2 Å². The van der Waals surface area contributed by atoms with Crippen molar-refractivity contribution in [3.05, 3.63) is 87.8 Å². The Labute approximate surface area is 225 Å². The van der Waals surface area contributed by atoms with Gasteiger partial charge in [0.15, 0.2) is 11.2 Å². The summed E-state index contributed by atoms with van der Waals surface area (Å²) >= 11 is 0. The zero-order valence-corrected chi connectivity index (χ0v) is 21.9. The maximum Gasteiger partial charge on any atom is 0.226 e. The second-order valence-electron chi connectivity index (χ2n) is 9.84. The van der Waals surface area contributed by atoms with Gasteiger partial charge in [-0.3, -0.25) is 0 Å². The molecule has 0 radical (unpaired) electrons. The van der Waals surface area contributed by atoms with Crippen molar-refractivity contribution in [1.29, 1.82) is 0 Å². The van der Waals surface area contributed by atoms with E-state index in [-0.39, 0.29) is 36.2 Å². The molecule has 0 saturated heterocycles. The molecule has 0 amide bonds. The Kier molecular flexibility index (Phi) is 7.09. The van der Waals surface area contributed by atoms with Crippen LogP contribution >= 0.6 is 0 Å². The number of aliphatic hydroxyl groups excluding tert-OH is 1. The van der Waals surface area contributed by atoms with Gasteiger partial charge in [-0.1, -0.05) is 59.7 Å². The summed E-state index contributed by atoms with van der Waals surface area (Å²) in [5.74, 6) is -0.660. The number of methoxy groups -OCH3 is 2. The Morgan fingerprint density at radius 1 is 1.15 bits per heavy atom. The number of fused-ring (bicyclic) bond motifs is 3. The molecule has 11 heteroatoms. The molecular weight excluding hydrogens is 505 g/mol. The highest BCUT2D eigenvalue weighted by molar-refractivity contribution is 5.60. The van der Waals surface area contributed by atoms with Crippen molar-refractivity contribution in [3.63, 3.8) is 0 Å². The molecule has 2 heterocycles. The first kappa shape index (κ1) is 26.7. The van der Waals surface area contributed by atoms with E-state index in [4.69, 9.17) is 19.7 Å². The highest BCUT2D eigenvalue weighted by atomic mass is 19.1. The van der Waals surface area contributed by atoms with E-state index in [2.05, 4.69) is 15.0 Å². The number of hydrogen-bond acceptors (Lipinski definition) is 8. The molecule has 0 bridgehead atoms. The molecule has 0 unspecified atom stereocenters. The second-order valence-corrected chi connectivity index (χ2v) is 9.84. The highest BCUT2D eigenvalue weighted by Crippen LogP contribution is 2.70. The smallest absolute Gasteiger partial charge is 0.226 e. The predicted octanol–water partition coefficient (Wildman–Crippen LogP) is 4.19. The minimum atomic E-state index is -2.03. The number of rotatable bonds is 9. The molecule has 1 aliphatic carbocycles. The van der Waals surface area contributed by atoms with Crippen LogP contribution in [0.25, 0.3) is 10.4 Å². The number of benzene rings is 2. The monoisotopic (exact) mass is 535 g/mol. The molecule has 2 aliphatic rings. The quantitative estimate of drug-likeness (QED) is 0.238. The standard InChI is InChI=1S/C28H30FN5O5/c1-34(14-13-29)16-20-23(17-7-5-4-6-8-17)28(18-9-11-19(12-10-18)32-33-30)27(36,25(20)35)24-21(39-28)15-22(37-2)31-26(24)38-3/h4-12,15,20,23,25,35-36H,13-14,16H2,1-3H3/t20-,23-,25-,27+,28+/m1/s1. The number of ether oxygens (including phenoxy) is 3. The van der Waals surface area contributed by atoms with Gasteiger partial charge in [0, 0.05) is 41.6 Å². The van der Waals surface area contributed by atoms with E-state index in [0.717, 1.165) is 5.56 Å². The molecular formula is C28H30FN5O5. The number of pyridine rings is 1. The van der Waals surface area contributed by atoms with Crippen molar-refractivity contribution in [3.8, 4) is 17.5 Å². The minimum absolute atomic E-state index is 0.0584. The number of nitrogens with zero attached hydrogens (tertiary/aromatic N) is 5. The fraction of sp³-hybridized carbons (Fsp3) is 0.393. The van der Waals surface area contributed by atoms with Gasteiger partial charge < -0.3 is 29.3 Å². The van der Waals surface area contributed by atoms with Crippen molar-refractivity contribution in [2.24, 2.45) is 11.0 Å². The minimum Gasteiger partial charge on any atom is -0.481 e. The lowest BCUT2D eigenvalue weighted by molar-refractivity contribution is -0.152. The first-order chi connectivity index (χ1) is 18.8. The maximum atomic E-state index is 13.3. The Balaban J connectivity index is 1.82. The van der Waals surface area contributed by atoms with Gasteiger partial charge in [0.1, 0.15) is 12.4 Å². The molecule has 1 aromatic heterocycles. The van der Waals surface area contributed by atoms with Crippen LogP contribution in [0.15, 0.2) is 65.8 Å². The summed E-state index contributed by atoms with van der Waals surface area (Å²) in [5.41, 5.74) is 7.25. The molecule has 204 valence electrons. The SMILES string of the molecule is COc1cc2c(c(OC)n1)[C@]1(O)[C@H](O)[C@H](CN(C)CCF)[C@@H](c3ccccc3)[C@]1(c1ccc(N=[N+]=[N-])cc1)O2. The third-order valence-corrected chi connectivity index (χ3v) is 7.85. The van der Waals surface area contributed by atoms with Crippen LogP contribution in [0.2, 0.25) is 0 Å². The Morgan fingerprint density at radius 3 is 2.49 bits per heavy atom. The number of azide groups is 1. The van der Waals surface area contributed by atoms with Gasteiger partial charge in [0.2, 0.25) is 11.8 Å². The van der Waals surface area contributed by atoms with E-state index in [0.29, 0.717) is 11.3 Å². The molecule has 5 rings (SSSR count). The van der Waals surface area contributed by atoms with E-state index in [1.807, 2.05) is 30.3 Å². The van der Waals surface area contributed by atoms with Crippen LogP contribution in [0.1, 0.15) is 22.6 Å². The van der Waals surface area contributed by atoms with Crippen molar-refractivity contribution in [2.45, 2.75) is 23.2 Å². The topological polar surface area (TPSA) is 133 Å². The summed E-state index contributed by atoms with van der Waals surface area (Å²) in [4.78, 5) is 9.03. The molecule has 2 aromatic carbocycles. The first-order valence-electron chi connectivity index (χ1n) is 12.5. The van der Waals surface area contributed by atoms with Gasteiger partial charge in [0.05, 0.1) is 25.9 Å². The van der Waals surface area contributed by atoms with E-state index < -0.39 is 35.8 Å². The van der Waals surface area contributed by atoms with Crippen molar-refractivity contribution in [2.75, 3.05) is 41.0 Å². The third kappa shape index (κ3) is 3.97. The summed E-state index contributed by atoms with van der Waals surface area (Å²) in [5, 5.41) is 28.6. The van der Waals surface area contributed by atoms with Gasteiger partial charge in [-0.2, -0.15) is 4.98 Å². The fourth-order valence-electron chi connectivity index (χ4n) is 6.29. The van der Waals surface area contributed by atoms with Gasteiger partial charge >= 0.3 is 0 Å². The molecule has 1 aliphatic heterocycles. The average molecular weight is 536 g/mol. The van der Waals surface area contributed by atoms with E-state index in [1.165, 1.54) is 14.2 Å². The van der Waals surface area contributed by atoms with Crippen LogP contribution in [0, 0.1) is 5.92 Å². The largest absolute Gasteiger partial charge is 0.481 e. The number of aromatic nitrogens is 1. The van der Waals surface area contributed by atoms with E-state index in [9.17, 15) is 14.6 Å². The van der Waals surface area contributed by atoms with Crippen LogP contribution in [-0.4, -0.2) is 67.2 Å². The van der Waals surface area contributed by atoms with Gasteiger partial charge in [0.25, 0.3) is 0 Å². The number of halogens is 1. The lowest BCUT2D eigenvalue weighted by atomic mass is 9.70. The number of hydrogen-bond donors (Lipinski definition) is 2. The van der Waals surface area contributed by atoms with Crippen LogP contribution in [0.5, 0.6) is 17.5 Å². The lowest BCUT2D eigenvalue weighted by Gasteiger charge is -2.41. The normalized spacial score (nSPS) is 26.9. The van der Waals surface area contributed by atoms with Gasteiger partial charge in [-0.25, -0.2) is 4.39 Å². The molecule has 39 heavy (non-hydrogen) atoms. The third-order valence-electron chi connectivity index (χ3n) is 7.85. The van der Waals surface area contributed by atoms with E-state index in [1.54, 1.807) is 42.3 Å². The molecule has 10 nitrogen and oxygen atoms in total. The summed E-state index contributed by atoms with van der Waals surface area (Å²) in [7, 11) is 4.65. The zero-order chi connectivity index (χ0) is 27.8. The molecule has 2 N–H and O–H groups in total. The summed E-state index contributed by atoms with van der Waals surface area (Å²) < 4.78 is 31.0. The van der Waals surface area contributed by atoms with Crippen LogP contribution in [0.3, 0.4) is 0 Å². The summed E-state index contributed by atoms with van der Waals surface area (Å²) in [6.45, 7) is -0.116. The molecule has 3 aromatic rings. The molecule has 1 saturated carbocycles. The van der Waals surface area contributed by atoms with Crippen LogP contribution in [0.4, 0.5) is 10.1 Å². The Hall–Kier alpha value is -3.89. The lowest BCUT2D eigenvalue weighted by Crippen LogP contribution is -2.52. The summed E-state index contributed by atoms with van der Waals surface area (Å²) in [6.07, 6.45) is -1.37. The Bertz CT molecular complexity index is 1390. The Morgan fingerprint density at radius 2 is 1.87 bits per heavy atom. The zero-order valence-electron chi connectivity index (χ0n) is 21.9. The number of alkyl halides is 1. The predicted molar refractivity (Wildman–Crippen MR) is 141 cm³/mol. The maximum absolute atomic E-state index is 13.3. The van der Waals surface area contributed by atoms with Crippen molar-refractivity contribution < 1.29 is 28.8 Å². The van der Waals surface area contributed by atoms with Gasteiger partial charge in [-0.15, -0.1) is 0 Å². The van der Waals surface area contributed by atoms with Gasteiger partial charge in [-0.05, 0) is 23.7 Å².